The van der Waals surface area contributed by atoms with Gasteiger partial charge in [0.25, 0.3) is 0 Å². The molecule has 0 atom stereocenters. The first-order chi connectivity index (χ1) is 17.2. The summed E-state index contributed by atoms with van der Waals surface area (Å²) in [6.45, 7) is 3.06. The summed E-state index contributed by atoms with van der Waals surface area (Å²) < 4.78 is 9.51. The summed E-state index contributed by atoms with van der Waals surface area (Å²) in [6.07, 6.45) is 7.78. The molecule has 0 radical (unpaired) electrons. The van der Waals surface area contributed by atoms with E-state index in [-0.39, 0.29) is 11.8 Å². The van der Waals surface area contributed by atoms with Gasteiger partial charge < -0.3 is 14.6 Å². The zero-order valence-electron chi connectivity index (χ0n) is 20.0. The van der Waals surface area contributed by atoms with Crippen LogP contribution in [-0.2, 0) is 17.9 Å². The molecule has 4 aromatic rings. The average Bonchev–Trinajstić information content (AvgIpc) is 3.58. The van der Waals surface area contributed by atoms with Crippen LogP contribution in [0.5, 0.6) is 5.75 Å². The van der Waals surface area contributed by atoms with Gasteiger partial charge in [-0.1, -0.05) is 36.4 Å². The third-order valence-electron chi connectivity index (χ3n) is 6.66. The molecule has 180 valence electrons. The molecule has 0 spiro atoms. The predicted molar refractivity (Wildman–Crippen MR) is 136 cm³/mol. The number of benzene rings is 2. The zero-order valence-corrected chi connectivity index (χ0v) is 20.0. The van der Waals surface area contributed by atoms with Crippen LogP contribution in [0, 0.1) is 5.92 Å². The Morgan fingerprint density at radius 3 is 2.43 bits per heavy atom. The van der Waals surface area contributed by atoms with Crippen molar-refractivity contribution in [1.82, 2.24) is 24.6 Å². The highest BCUT2D eigenvalue weighted by Crippen LogP contribution is 2.25. The Balaban J connectivity index is 1.22. The van der Waals surface area contributed by atoms with E-state index in [1.807, 2.05) is 65.5 Å². The Morgan fingerprint density at radius 1 is 0.971 bits per heavy atom. The molecular weight excluding hydrogens is 438 g/mol. The monoisotopic (exact) mass is 469 g/mol. The summed E-state index contributed by atoms with van der Waals surface area (Å²) in [5.74, 6) is 2.02. The van der Waals surface area contributed by atoms with Gasteiger partial charge in [-0.3, -0.25) is 9.69 Å². The molecule has 0 unspecified atom stereocenters. The number of para-hydroxylation sites is 2. The van der Waals surface area contributed by atoms with Gasteiger partial charge >= 0.3 is 0 Å². The molecule has 2 aromatic carbocycles. The molecule has 1 saturated heterocycles. The molecule has 0 bridgehead atoms. The summed E-state index contributed by atoms with van der Waals surface area (Å²) >= 11 is 0. The predicted octanol–water partition coefficient (Wildman–Crippen LogP) is 4.20. The van der Waals surface area contributed by atoms with E-state index in [4.69, 9.17) is 9.84 Å². The lowest BCUT2D eigenvalue weighted by Gasteiger charge is -2.31. The van der Waals surface area contributed by atoms with E-state index in [0.717, 1.165) is 55.3 Å². The van der Waals surface area contributed by atoms with Gasteiger partial charge in [0.1, 0.15) is 11.6 Å². The molecule has 1 aliphatic rings. The summed E-state index contributed by atoms with van der Waals surface area (Å²) in [4.78, 5) is 15.2. The van der Waals surface area contributed by atoms with Crippen molar-refractivity contribution in [3.8, 4) is 17.3 Å². The molecule has 5 rings (SSSR count). The highest BCUT2D eigenvalue weighted by Gasteiger charge is 2.26. The first-order valence-electron chi connectivity index (χ1n) is 12.1. The third-order valence-corrected chi connectivity index (χ3v) is 6.66. The van der Waals surface area contributed by atoms with Crippen molar-refractivity contribution in [2.75, 3.05) is 20.2 Å². The van der Waals surface area contributed by atoms with Crippen molar-refractivity contribution >= 4 is 5.91 Å². The highest BCUT2D eigenvalue weighted by molar-refractivity contribution is 5.78. The molecule has 1 N–H and O–H groups in total. The summed E-state index contributed by atoms with van der Waals surface area (Å²) in [7, 11) is 1.65. The van der Waals surface area contributed by atoms with Gasteiger partial charge in [0.05, 0.1) is 19.0 Å². The van der Waals surface area contributed by atoms with Crippen molar-refractivity contribution in [2.24, 2.45) is 5.92 Å². The van der Waals surface area contributed by atoms with Crippen molar-refractivity contribution in [3.63, 3.8) is 0 Å². The fourth-order valence-corrected chi connectivity index (χ4v) is 4.77. The number of methoxy groups -OCH3 is 1. The van der Waals surface area contributed by atoms with Crippen molar-refractivity contribution in [2.45, 2.75) is 25.9 Å². The molecule has 1 amide bonds. The van der Waals surface area contributed by atoms with E-state index in [1.165, 1.54) is 5.56 Å². The third kappa shape index (κ3) is 5.15. The van der Waals surface area contributed by atoms with Gasteiger partial charge in [0.2, 0.25) is 5.91 Å². The number of aromatic nitrogens is 3. The Morgan fingerprint density at radius 2 is 1.69 bits per heavy atom. The SMILES string of the molecule is COc1ccccc1CNC(=O)C1CCN(Cc2cnn(-c3ccccc3)c2-n2cccc2)CC1. The van der Waals surface area contributed by atoms with E-state index in [2.05, 4.69) is 39.3 Å². The van der Waals surface area contributed by atoms with E-state index in [9.17, 15) is 4.79 Å². The molecule has 3 heterocycles. The zero-order chi connectivity index (χ0) is 24.0. The normalized spacial score (nSPS) is 14.7. The molecule has 1 fully saturated rings. The van der Waals surface area contributed by atoms with Crippen LogP contribution < -0.4 is 10.1 Å². The molecule has 7 nitrogen and oxygen atoms in total. The number of hydrogen-bond donors (Lipinski definition) is 1. The van der Waals surface area contributed by atoms with Crippen LogP contribution in [-0.4, -0.2) is 45.4 Å². The molecule has 0 saturated carbocycles. The second-order valence-corrected chi connectivity index (χ2v) is 8.91. The molecule has 7 heteroatoms. The number of piperidine rings is 1. The lowest BCUT2D eigenvalue weighted by Crippen LogP contribution is -2.40. The number of nitrogens with zero attached hydrogens (tertiary/aromatic N) is 4. The minimum atomic E-state index is 0.0388. The Kier molecular flexibility index (Phi) is 6.95. The Labute approximate surface area is 205 Å². The number of likely N-dealkylation sites (tertiary alicyclic amines) is 1. The molecule has 2 aromatic heterocycles. The second-order valence-electron chi connectivity index (χ2n) is 8.91. The van der Waals surface area contributed by atoms with Gasteiger partial charge in [0.15, 0.2) is 0 Å². The summed E-state index contributed by atoms with van der Waals surface area (Å²) in [6, 6.07) is 22.1. The standard InChI is InChI=1S/C28H31N5O2/c1-35-26-12-6-5-9-23(26)19-29-27(34)22-13-17-31(18-14-22)21-24-20-30-33(25-10-3-2-4-11-25)28(24)32-15-7-8-16-32/h2-12,15-16,20,22H,13-14,17-19,21H2,1H3,(H,29,34). The van der Waals surface area contributed by atoms with Crippen LogP contribution in [0.2, 0.25) is 0 Å². The molecule has 35 heavy (non-hydrogen) atoms. The second kappa shape index (κ2) is 10.6. The average molecular weight is 470 g/mol. The van der Waals surface area contributed by atoms with Crippen LogP contribution in [0.1, 0.15) is 24.0 Å². The number of ether oxygens (including phenoxy) is 1. The van der Waals surface area contributed by atoms with Crippen molar-refractivity contribution in [3.05, 3.63) is 96.4 Å². The Hall–Kier alpha value is -3.84. The maximum Gasteiger partial charge on any atom is 0.223 e. The molecule has 1 aliphatic heterocycles. The number of rotatable bonds is 8. The van der Waals surface area contributed by atoms with Gasteiger partial charge in [-0.05, 0) is 56.3 Å². The number of carbonyl (C=O) groups is 1. The maximum atomic E-state index is 12.8. The first kappa shape index (κ1) is 22.9. The number of nitrogens with one attached hydrogen (secondary N) is 1. The minimum Gasteiger partial charge on any atom is -0.496 e. The molecular formula is C28H31N5O2. The minimum absolute atomic E-state index is 0.0388. The van der Waals surface area contributed by atoms with Crippen LogP contribution in [0.25, 0.3) is 11.5 Å². The number of carbonyl (C=O) groups excluding carboxylic acids is 1. The lowest BCUT2D eigenvalue weighted by molar-refractivity contribution is -0.126. The van der Waals surface area contributed by atoms with Gasteiger partial charge in [-0.2, -0.15) is 5.10 Å². The van der Waals surface area contributed by atoms with Crippen molar-refractivity contribution < 1.29 is 9.53 Å². The first-order valence-corrected chi connectivity index (χ1v) is 12.1. The quantitative estimate of drug-likeness (QED) is 0.420. The highest BCUT2D eigenvalue weighted by atomic mass is 16.5. The van der Waals surface area contributed by atoms with Gasteiger partial charge in [-0.25, -0.2) is 4.68 Å². The fourth-order valence-electron chi connectivity index (χ4n) is 4.77. The Bertz CT molecular complexity index is 1240. The van der Waals surface area contributed by atoms with E-state index >= 15 is 0 Å². The van der Waals surface area contributed by atoms with E-state index in [1.54, 1.807) is 7.11 Å². The van der Waals surface area contributed by atoms with Gasteiger partial charge in [0, 0.05) is 42.5 Å². The fraction of sp³-hybridized carbons (Fsp3) is 0.286. The van der Waals surface area contributed by atoms with Crippen LogP contribution in [0.4, 0.5) is 0 Å². The van der Waals surface area contributed by atoms with Crippen LogP contribution in [0.3, 0.4) is 0 Å². The van der Waals surface area contributed by atoms with Crippen LogP contribution in [0.15, 0.2) is 85.3 Å². The summed E-state index contributed by atoms with van der Waals surface area (Å²) in [5, 5.41) is 7.82. The largest absolute Gasteiger partial charge is 0.496 e. The van der Waals surface area contributed by atoms with E-state index < -0.39 is 0 Å². The number of hydrogen-bond acceptors (Lipinski definition) is 4. The number of amides is 1. The van der Waals surface area contributed by atoms with Crippen LogP contribution >= 0.6 is 0 Å². The molecule has 0 aliphatic carbocycles. The van der Waals surface area contributed by atoms with Gasteiger partial charge in [-0.15, -0.1) is 0 Å². The van der Waals surface area contributed by atoms with Crippen molar-refractivity contribution in [1.29, 1.82) is 0 Å². The summed E-state index contributed by atoms with van der Waals surface area (Å²) in [5.41, 5.74) is 3.20. The maximum absolute atomic E-state index is 12.8. The van der Waals surface area contributed by atoms with E-state index in [0.29, 0.717) is 6.54 Å². The topological polar surface area (TPSA) is 64.3 Å². The lowest BCUT2D eigenvalue weighted by atomic mass is 9.95. The smallest absolute Gasteiger partial charge is 0.223 e.